The lowest BCUT2D eigenvalue weighted by Crippen LogP contribution is -2.40. The lowest BCUT2D eigenvalue weighted by Gasteiger charge is -2.30. The fraction of sp³-hybridized carbons (Fsp3) is 0.300. The van der Waals surface area contributed by atoms with Crippen LogP contribution in [0.25, 0.3) is 0 Å². The Morgan fingerprint density at radius 1 is 1.04 bits per heavy atom. The van der Waals surface area contributed by atoms with Crippen LogP contribution in [0.2, 0.25) is 10.0 Å². The molecule has 1 aliphatic rings. The number of carbonyl (C=O) groups excluding carboxylic acids is 2. The number of carbonyl (C=O) groups is 2. The molecule has 2 aromatic rings. The van der Waals surface area contributed by atoms with Crippen LogP contribution in [-0.4, -0.2) is 29.9 Å². The zero-order chi connectivity index (χ0) is 19.4. The van der Waals surface area contributed by atoms with Gasteiger partial charge in [0.25, 0.3) is 5.91 Å². The highest BCUT2D eigenvalue weighted by Gasteiger charge is 2.31. The Labute approximate surface area is 168 Å². The number of nitrogens with zero attached hydrogens (tertiary/aromatic N) is 1. The summed E-state index contributed by atoms with van der Waals surface area (Å²) in [5.41, 5.74) is 6.62. The number of hydrogen-bond acceptors (Lipinski definition) is 4. The van der Waals surface area contributed by atoms with Crippen LogP contribution in [0.1, 0.15) is 41.3 Å². The fourth-order valence-electron chi connectivity index (χ4n) is 3.09. The van der Waals surface area contributed by atoms with Gasteiger partial charge in [-0.05, 0) is 31.4 Å². The van der Waals surface area contributed by atoms with Crippen molar-refractivity contribution in [2.45, 2.75) is 25.4 Å². The van der Waals surface area contributed by atoms with Gasteiger partial charge >= 0.3 is 5.97 Å². The molecule has 0 spiro atoms. The number of nitrogen functional groups attached to an aromatic ring is 1. The first-order valence-corrected chi connectivity index (χ1v) is 9.52. The van der Waals surface area contributed by atoms with E-state index in [2.05, 4.69) is 0 Å². The summed E-state index contributed by atoms with van der Waals surface area (Å²) < 4.78 is 5.60. The number of likely N-dealkylation sites (tertiary alicyclic amines) is 1. The van der Waals surface area contributed by atoms with Gasteiger partial charge in [-0.15, -0.1) is 0 Å². The van der Waals surface area contributed by atoms with Crippen molar-refractivity contribution < 1.29 is 14.3 Å². The van der Waals surface area contributed by atoms with E-state index in [0.717, 1.165) is 19.3 Å². The zero-order valence-corrected chi connectivity index (χ0v) is 16.2. The van der Waals surface area contributed by atoms with Crippen molar-refractivity contribution >= 4 is 40.8 Å². The number of hydrogen-bond donors (Lipinski definition) is 1. The number of rotatable bonds is 4. The van der Waals surface area contributed by atoms with E-state index in [1.165, 1.54) is 12.1 Å². The molecule has 142 valence electrons. The molecule has 1 heterocycles. The van der Waals surface area contributed by atoms with Gasteiger partial charge in [0.1, 0.15) is 0 Å². The molecule has 0 bridgehead atoms. The van der Waals surface area contributed by atoms with Gasteiger partial charge in [0, 0.05) is 23.7 Å². The monoisotopic (exact) mass is 406 g/mol. The van der Waals surface area contributed by atoms with Gasteiger partial charge in [0.05, 0.1) is 16.3 Å². The Morgan fingerprint density at radius 3 is 2.37 bits per heavy atom. The molecule has 2 aromatic carbocycles. The Balaban J connectivity index is 1.89. The molecule has 0 aromatic heterocycles. The third kappa shape index (κ3) is 4.54. The largest absolute Gasteiger partial charge is 0.444 e. The summed E-state index contributed by atoms with van der Waals surface area (Å²) in [4.78, 5) is 27.5. The summed E-state index contributed by atoms with van der Waals surface area (Å²) in [5.74, 6) is -0.975. The van der Waals surface area contributed by atoms with Gasteiger partial charge in [0.2, 0.25) is 6.10 Å². The molecule has 1 amide bonds. The minimum Gasteiger partial charge on any atom is -0.444 e. The Kier molecular flexibility index (Phi) is 6.24. The van der Waals surface area contributed by atoms with Crippen LogP contribution >= 0.6 is 23.2 Å². The summed E-state index contributed by atoms with van der Waals surface area (Å²) in [6.07, 6.45) is 1.93. The van der Waals surface area contributed by atoms with Crippen molar-refractivity contribution in [1.29, 1.82) is 0 Å². The maximum absolute atomic E-state index is 13.0. The molecule has 0 saturated carbocycles. The van der Waals surface area contributed by atoms with Gasteiger partial charge in [-0.2, -0.15) is 0 Å². The first-order chi connectivity index (χ1) is 13.0. The maximum atomic E-state index is 13.0. The van der Waals surface area contributed by atoms with E-state index in [1.54, 1.807) is 29.2 Å². The van der Waals surface area contributed by atoms with Crippen molar-refractivity contribution in [3.05, 3.63) is 63.6 Å². The van der Waals surface area contributed by atoms with Gasteiger partial charge < -0.3 is 15.4 Å². The van der Waals surface area contributed by atoms with E-state index in [9.17, 15) is 9.59 Å². The van der Waals surface area contributed by atoms with Gasteiger partial charge in [-0.1, -0.05) is 53.5 Å². The third-order valence-corrected chi connectivity index (χ3v) is 5.06. The number of anilines is 1. The number of ether oxygens (including phenoxy) is 1. The van der Waals surface area contributed by atoms with E-state index in [-0.39, 0.29) is 27.2 Å². The lowest BCUT2D eigenvalue weighted by atomic mass is 10.1. The minimum absolute atomic E-state index is 0.0416. The molecule has 5 nitrogen and oxygen atoms in total. The van der Waals surface area contributed by atoms with Crippen molar-refractivity contribution in [2.75, 3.05) is 18.8 Å². The molecule has 1 aliphatic heterocycles. The van der Waals surface area contributed by atoms with Gasteiger partial charge in [-0.3, -0.25) is 4.79 Å². The molecular formula is C20H20Cl2N2O3. The van der Waals surface area contributed by atoms with Crippen LogP contribution in [0, 0.1) is 0 Å². The first kappa shape index (κ1) is 19.5. The number of benzene rings is 2. The van der Waals surface area contributed by atoms with E-state index in [4.69, 9.17) is 33.7 Å². The van der Waals surface area contributed by atoms with Crippen molar-refractivity contribution in [3.63, 3.8) is 0 Å². The molecular weight excluding hydrogens is 387 g/mol. The number of amides is 1. The normalized spacial score (nSPS) is 15.3. The van der Waals surface area contributed by atoms with E-state index < -0.39 is 12.1 Å². The summed E-state index contributed by atoms with van der Waals surface area (Å²) in [5, 5.41) is 0.424. The van der Waals surface area contributed by atoms with Crippen LogP contribution in [0.3, 0.4) is 0 Å². The molecule has 27 heavy (non-hydrogen) atoms. The quantitative estimate of drug-likeness (QED) is 0.599. The Hall–Kier alpha value is -2.24. The molecule has 0 unspecified atom stereocenters. The fourth-order valence-corrected chi connectivity index (χ4v) is 3.59. The average Bonchev–Trinajstić information content (AvgIpc) is 2.69. The first-order valence-electron chi connectivity index (χ1n) is 8.76. The average molecular weight is 407 g/mol. The second kappa shape index (κ2) is 8.63. The number of nitrogens with two attached hydrogens (primary N) is 1. The van der Waals surface area contributed by atoms with Crippen LogP contribution in [0.15, 0.2) is 42.5 Å². The second-order valence-electron chi connectivity index (χ2n) is 6.43. The van der Waals surface area contributed by atoms with E-state index >= 15 is 0 Å². The Morgan fingerprint density at radius 2 is 1.70 bits per heavy atom. The highest BCUT2D eigenvalue weighted by atomic mass is 35.5. The van der Waals surface area contributed by atoms with E-state index in [1.807, 2.05) is 6.07 Å². The molecule has 0 aliphatic carbocycles. The molecule has 7 heteroatoms. The predicted octanol–water partition coefficient (Wildman–Crippen LogP) is 4.49. The highest BCUT2D eigenvalue weighted by Crippen LogP contribution is 2.30. The minimum atomic E-state index is -1.05. The summed E-state index contributed by atoms with van der Waals surface area (Å²) >= 11 is 12.0. The van der Waals surface area contributed by atoms with Crippen molar-refractivity contribution in [1.82, 2.24) is 4.90 Å². The van der Waals surface area contributed by atoms with Crippen LogP contribution in [0.4, 0.5) is 5.69 Å². The number of piperidine rings is 1. The highest BCUT2D eigenvalue weighted by molar-refractivity contribution is 6.37. The number of esters is 1. The maximum Gasteiger partial charge on any atom is 0.341 e. The van der Waals surface area contributed by atoms with Gasteiger partial charge in [0.15, 0.2) is 0 Å². The van der Waals surface area contributed by atoms with Crippen molar-refractivity contribution in [3.8, 4) is 0 Å². The smallest absolute Gasteiger partial charge is 0.341 e. The SMILES string of the molecule is Nc1c(Cl)cc(Cl)cc1C(=O)O[C@@H](C(=O)N1CCCCC1)c1ccccc1. The molecule has 1 fully saturated rings. The zero-order valence-electron chi connectivity index (χ0n) is 14.7. The molecule has 1 atom stereocenters. The van der Waals surface area contributed by atoms with Crippen LogP contribution in [-0.2, 0) is 9.53 Å². The summed E-state index contributed by atoms with van der Waals surface area (Å²) in [7, 11) is 0. The Bertz CT molecular complexity index is 837. The topological polar surface area (TPSA) is 72.6 Å². The predicted molar refractivity (Wildman–Crippen MR) is 106 cm³/mol. The second-order valence-corrected chi connectivity index (χ2v) is 7.27. The summed E-state index contributed by atoms with van der Waals surface area (Å²) in [6, 6.07) is 11.8. The van der Waals surface area contributed by atoms with Crippen molar-refractivity contribution in [2.24, 2.45) is 0 Å². The molecule has 1 saturated heterocycles. The van der Waals surface area contributed by atoms with Crippen LogP contribution < -0.4 is 5.73 Å². The number of halogens is 2. The standard InChI is InChI=1S/C20H20Cl2N2O3/c21-14-11-15(17(23)16(22)12-14)20(26)27-18(13-7-3-1-4-8-13)19(25)24-9-5-2-6-10-24/h1,3-4,7-8,11-12,18H,2,5-6,9-10,23H2/t18-/m1/s1. The van der Waals surface area contributed by atoms with Gasteiger partial charge in [-0.25, -0.2) is 4.79 Å². The molecule has 0 radical (unpaired) electrons. The third-order valence-electron chi connectivity index (χ3n) is 4.53. The molecule has 3 rings (SSSR count). The van der Waals surface area contributed by atoms with Crippen LogP contribution in [0.5, 0.6) is 0 Å². The van der Waals surface area contributed by atoms with E-state index in [0.29, 0.717) is 18.7 Å². The summed E-state index contributed by atoms with van der Waals surface area (Å²) in [6.45, 7) is 1.32. The lowest BCUT2D eigenvalue weighted by molar-refractivity contribution is -0.142. The molecule has 2 N–H and O–H groups in total.